The van der Waals surface area contributed by atoms with Gasteiger partial charge < -0.3 is 124 Å². The van der Waals surface area contributed by atoms with Gasteiger partial charge in [-0.3, -0.25) is 91.1 Å². The van der Waals surface area contributed by atoms with Crippen LogP contribution in [0.3, 0.4) is 0 Å². The first-order valence-corrected chi connectivity index (χ1v) is 45.0. The second-order valence-electron chi connectivity index (χ2n) is 33.3. The third-order valence-corrected chi connectivity index (χ3v) is 24.7. The van der Waals surface area contributed by atoms with E-state index in [0.717, 1.165) is 31.5 Å². The molecule has 0 radical (unpaired) electrons. The Balaban J connectivity index is 1.19. The summed E-state index contributed by atoms with van der Waals surface area (Å²) in [6, 6.07) is -2.38. The number of phenols is 1. The standard InChI is InChI=1S/C88H120N18O25S/c1-7-9-20-66-82(125)96-58(27-29-73(113)114)79(122)101-65(78(121)93-42-71(90)111)45-132-46-72(112)94-61(34-48-23-25-52(108)26-24-48)84(127)102(4)47(3)76(119)98-63(39-75(117)118)87(130)105-33-15-22-67(105)83(126)100-64(44-107)81(124)97-60(28-30-74(115)116)86(129)106-43-53(109)38-69(106)70(110)37-49(35-50-40-91-56-18-13-11-16-54(50)56)77(120)95-59(31-32-89)80(123)99-62(36-51-41-92-57-19-14-12-17-55(51)57)85(128)104(6)68(21-10-8-2)88(131)103(66)5/h11-14,16-19,23-26,40-41,47,49,53,58-69,91-92,107-109H,7-10,15,20-22,27-39,42-46,89H2,1-6H3,(H2,90,111)(H,93,121)(H,94,112)(H,95,120)(H,96,125)(H,97,124)(H,98,119)(H,99,123)(H,100,126)(H,101,122)(H,113,114)(H,115,116)(H,117,118)/t47-,49+,53+,58-,59-,60-,61-,62-,63-,64-,65-,66-,67-,68-,69-/m0/s1. The van der Waals surface area contributed by atoms with Gasteiger partial charge in [-0.1, -0.05) is 88.1 Å². The van der Waals surface area contributed by atoms with Gasteiger partial charge in [0.25, 0.3) is 0 Å². The van der Waals surface area contributed by atoms with Crippen LogP contribution in [-0.4, -0.2) is 327 Å². The molecule has 0 spiro atoms. The number of amides is 15. The molecule has 3 aliphatic heterocycles. The van der Waals surface area contributed by atoms with Crippen molar-refractivity contribution >= 4 is 146 Å². The highest BCUT2D eigenvalue weighted by Gasteiger charge is 2.47. The molecule has 0 aliphatic carbocycles. The molecule has 0 unspecified atom stereocenters. The summed E-state index contributed by atoms with van der Waals surface area (Å²) in [6.07, 6.45) is -3.27. The number of carbonyl (C=O) groups excluding carboxylic acids is 16. The van der Waals surface area contributed by atoms with Gasteiger partial charge in [-0.25, -0.2) is 0 Å². The number of aliphatic hydroxyl groups is 2. The van der Waals surface area contributed by atoms with Crippen molar-refractivity contribution in [1.82, 2.24) is 82.3 Å². The Labute approximate surface area is 764 Å². The van der Waals surface area contributed by atoms with Crippen LogP contribution in [0, 0.1) is 5.92 Å². The van der Waals surface area contributed by atoms with Crippen molar-refractivity contribution in [3.8, 4) is 5.75 Å². The number of primary amides is 1. The molecule has 3 aromatic carbocycles. The van der Waals surface area contributed by atoms with Gasteiger partial charge in [-0.15, -0.1) is 11.8 Å². The van der Waals surface area contributed by atoms with Crippen LogP contribution in [0.2, 0.25) is 0 Å². The van der Waals surface area contributed by atoms with E-state index in [0.29, 0.717) is 69.5 Å². The molecule has 15 atom stereocenters. The largest absolute Gasteiger partial charge is 0.508 e. The van der Waals surface area contributed by atoms with Gasteiger partial charge in [-0.05, 0) is 106 Å². The van der Waals surface area contributed by atoms with Crippen molar-refractivity contribution in [3.05, 3.63) is 102 Å². The van der Waals surface area contributed by atoms with E-state index >= 15 is 33.6 Å². The minimum Gasteiger partial charge on any atom is -0.508 e. The second-order valence-corrected chi connectivity index (χ2v) is 34.3. The van der Waals surface area contributed by atoms with E-state index in [1.807, 2.05) is 6.92 Å². The molecule has 0 saturated carbocycles. The molecular formula is C88H120N18O25S. The Morgan fingerprint density at radius 1 is 0.530 bits per heavy atom. The molecule has 132 heavy (non-hydrogen) atoms. The summed E-state index contributed by atoms with van der Waals surface area (Å²) in [5.74, 6) is -23.7. The number of aromatic amines is 2. The van der Waals surface area contributed by atoms with Crippen molar-refractivity contribution in [3.63, 3.8) is 0 Å². The lowest BCUT2D eigenvalue weighted by Gasteiger charge is -2.36. The Morgan fingerprint density at radius 2 is 1.05 bits per heavy atom. The van der Waals surface area contributed by atoms with Crippen LogP contribution in [0.1, 0.15) is 140 Å². The number of carboxylic acids is 3. The van der Waals surface area contributed by atoms with E-state index < -0.39 is 279 Å². The molecular weight excluding hydrogens is 1740 g/mol. The number of unbranched alkanes of at least 4 members (excludes halogenated alkanes) is 2. The molecule has 2 aromatic heterocycles. The lowest BCUT2D eigenvalue weighted by molar-refractivity contribution is -0.149. The van der Waals surface area contributed by atoms with E-state index in [1.54, 1.807) is 67.8 Å². The molecule has 15 amide bonds. The Morgan fingerprint density at radius 3 is 1.65 bits per heavy atom. The van der Waals surface area contributed by atoms with Crippen LogP contribution in [0.5, 0.6) is 5.75 Å². The van der Waals surface area contributed by atoms with E-state index in [-0.39, 0.29) is 76.6 Å². The number of rotatable bonds is 26. The first-order chi connectivity index (χ1) is 62.8. The number of fused-ring (bicyclic) bond motifs is 4. The number of nitrogens with two attached hydrogens (primary N) is 2. The van der Waals surface area contributed by atoms with Crippen molar-refractivity contribution in [1.29, 1.82) is 0 Å². The maximum absolute atomic E-state index is 15.8. The number of hydrogen-bond donors (Lipinski definition) is 19. The summed E-state index contributed by atoms with van der Waals surface area (Å²) in [4.78, 5) is 283. The highest BCUT2D eigenvalue weighted by molar-refractivity contribution is 8.00. The molecule has 3 aliphatic rings. The average molecular weight is 1860 g/mol. The quantitative estimate of drug-likeness (QED) is 0.0274. The van der Waals surface area contributed by atoms with Crippen molar-refractivity contribution < 1.29 is 122 Å². The van der Waals surface area contributed by atoms with Crippen LogP contribution < -0.4 is 59.3 Å². The summed E-state index contributed by atoms with van der Waals surface area (Å²) in [5, 5.41) is 86.1. The van der Waals surface area contributed by atoms with Gasteiger partial charge in [0.1, 0.15) is 78.3 Å². The fourth-order valence-electron chi connectivity index (χ4n) is 16.2. The summed E-state index contributed by atoms with van der Waals surface area (Å²) >= 11 is 0.683. The first-order valence-electron chi connectivity index (χ1n) is 43.8. The number of Topliss-reactive ketones (excluding diaryl/α,β-unsaturated/α-hetero) is 1. The Hall–Kier alpha value is -13.1. The number of hydrogen-bond acceptors (Lipinski definition) is 24. The first kappa shape index (κ1) is 104. The van der Waals surface area contributed by atoms with Crippen LogP contribution >= 0.6 is 11.8 Å². The zero-order chi connectivity index (χ0) is 96.9. The molecule has 43 nitrogen and oxygen atoms in total. The number of benzene rings is 3. The van der Waals surface area contributed by atoms with E-state index in [9.17, 15) is 88.2 Å². The SMILES string of the molecule is CCCC[C@H]1C(=O)N(C)[C@@H](CCCC)C(=O)N[C@@H](CCC(=O)O)C(=O)N[C@H](C(=O)NCC(N)=O)CSCC(=O)N[C@@H](Cc2ccc(O)cc2)C(=O)N(C)[C@@H](C)C(=O)N[C@@H](CC(=O)O)C(=O)N2CCC[C@H]2C(=O)N[C@@H](CO)C(=O)N[C@@H](CCC(=O)O)C(=O)N2C[C@H](O)C[C@H]2C(=O)C[C@@H](Cc2c[nH]c3ccccc23)C(=O)N[C@@H](CCN)C(=O)N[C@@H](Cc2c[nH]c3ccccc23)C(=O)N1C. The summed E-state index contributed by atoms with van der Waals surface area (Å²) in [7, 11) is 3.75. The molecule has 21 N–H and O–H groups in total. The van der Waals surface area contributed by atoms with Gasteiger partial charge in [0.15, 0.2) is 5.78 Å². The molecule has 718 valence electrons. The van der Waals surface area contributed by atoms with Gasteiger partial charge in [0, 0.05) is 119 Å². The third-order valence-electron chi connectivity index (χ3n) is 23.7. The minimum absolute atomic E-state index is 0.0408. The monoisotopic (exact) mass is 1860 g/mol. The normalized spacial score (nSPS) is 25.1. The zero-order valence-corrected chi connectivity index (χ0v) is 75.2. The van der Waals surface area contributed by atoms with E-state index in [1.165, 1.54) is 45.3 Å². The van der Waals surface area contributed by atoms with E-state index in [2.05, 4.69) is 57.8 Å². The molecule has 0 bridgehead atoms. The van der Waals surface area contributed by atoms with Crippen molar-refractivity contribution in [2.24, 2.45) is 17.4 Å². The van der Waals surface area contributed by atoms with E-state index in [4.69, 9.17) is 11.5 Å². The maximum Gasteiger partial charge on any atom is 0.305 e. The zero-order valence-electron chi connectivity index (χ0n) is 74.4. The van der Waals surface area contributed by atoms with Crippen molar-refractivity contribution in [2.45, 2.75) is 227 Å². The predicted octanol–water partition coefficient (Wildman–Crippen LogP) is -2.44. The van der Waals surface area contributed by atoms with Gasteiger partial charge >= 0.3 is 17.9 Å². The fourth-order valence-corrected chi connectivity index (χ4v) is 17.1. The number of para-hydroxylation sites is 2. The lowest BCUT2D eigenvalue weighted by atomic mass is 9.90. The highest BCUT2D eigenvalue weighted by Crippen LogP contribution is 2.30. The molecule has 44 heteroatoms. The maximum atomic E-state index is 15.8. The predicted molar refractivity (Wildman–Crippen MR) is 476 cm³/mol. The number of aliphatic hydroxyl groups excluding tert-OH is 2. The van der Waals surface area contributed by atoms with Crippen LogP contribution in [0.4, 0.5) is 0 Å². The van der Waals surface area contributed by atoms with Crippen LogP contribution in [0.25, 0.3) is 21.8 Å². The number of aromatic hydroxyl groups is 1. The Bertz CT molecular complexity index is 5010. The number of likely N-dealkylation sites (N-methyl/N-ethyl adjacent to an activating group) is 3. The highest BCUT2D eigenvalue weighted by atomic mass is 32.2. The van der Waals surface area contributed by atoms with Gasteiger partial charge in [-0.2, -0.15) is 0 Å². The Kier molecular flexibility index (Phi) is 39.3. The van der Waals surface area contributed by atoms with Crippen molar-refractivity contribution in [2.75, 3.05) is 65.4 Å². The molecule has 5 heterocycles. The number of nitrogens with one attached hydrogen (secondary N) is 11. The summed E-state index contributed by atoms with van der Waals surface area (Å²) in [5.41, 5.74) is 14.2. The average Bonchev–Trinajstić information content (AvgIpc) is 1.65. The summed E-state index contributed by atoms with van der Waals surface area (Å²) in [6.45, 7) is 1.71. The lowest BCUT2D eigenvalue weighted by Crippen LogP contribution is -2.60. The number of thioether (sulfide) groups is 1. The van der Waals surface area contributed by atoms with Crippen LogP contribution in [-0.2, 0) is 110 Å². The number of H-pyrrole nitrogens is 2. The topological polar surface area (TPSA) is 654 Å². The third kappa shape index (κ3) is 28.9. The van der Waals surface area contributed by atoms with Crippen LogP contribution in [0.15, 0.2) is 85.2 Å². The second kappa shape index (κ2) is 49.8. The van der Waals surface area contributed by atoms with Gasteiger partial charge in [0.2, 0.25) is 88.6 Å². The number of nitrogens with zero attached hydrogens (tertiary/aromatic N) is 5. The molecule has 3 saturated heterocycles. The number of carbonyl (C=O) groups is 19. The smallest absolute Gasteiger partial charge is 0.305 e. The number of phenolic OH excluding ortho intramolecular Hbond substituents is 1. The number of carboxylic acid groups (broad SMARTS) is 3. The number of aliphatic carboxylic acids is 3. The summed E-state index contributed by atoms with van der Waals surface area (Å²) < 4.78 is 0. The molecule has 3 fully saturated rings. The van der Waals surface area contributed by atoms with Gasteiger partial charge in [0.05, 0.1) is 37.5 Å². The number of ketones is 1. The number of aromatic nitrogens is 2. The fraction of sp³-hybridized carbons (Fsp3) is 0.534. The molecule has 8 rings (SSSR count). The minimum atomic E-state index is -1.99. The molecule has 5 aromatic rings.